The molecule has 0 bridgehead atoms. The van der Waals surface area contributed by atoms with E-state index in [0.717, 1.165) is 112 Å². The van der Waals surface area contributed by atoms with Gasteiger partial charge in [0, 0.05) is 44.8 Å². The first-order valence-electron chi connectivity index (χ1n) is 29.1. The Morgan fingerprint density at radius 3 is 1.15 bits per heavy atom. The van der Waals surface area contributed by atoms with Crippen LogP contribution >= 0.6 is 0 Å². The molecule has 0 saturated heterocycles. The molecule has 0 N–H and O–H groups in total. The van der Waals surface area contributed by atoms with Crippen LogP contribution in [0.4, 0.5) is 34.1 Å². The minimum Gasteiger partial charge on any atom is -0.460 e. The third-order valence-electron chi connectivity index (χ3n) is 17.1. The molecule has 0 spiro atoms. The predicted molar refractivity (Wildman–Crippen MR) is 349 cm³/mol. The van der Waals surface area contributed by atoms with Gasteiger partial charge in [0.05, 0.1) is 27.6 Å². The predicted octanol–water partition coefficient (Wildman–Crippen LogP) is 22.3. The second-order valence-electron chi connectivity index (χ2n) is 26.7. The zero-order valence-electron chi connectivity index (χ0n) is 50.1. The first-order chi connectivity index (χ1) is 39.1. The van der Waals surface area contributed by atoms with Crippen molar-refractivity contribution >= 4 is 73.1 Å². The molecule has 4 heteroatoms. The number of hydrogen-bond acceptors (Lipinski definition) is 4. The molecule has 9 aromatic carbocycles. The summed E-state index contributed by atoms with van der Waals surface area (Å²) in [5.41, 5.74) is 20.2. The number of allylic oxidation sites excluding steroid dienone is 2. The smallest absolute Gasteiger partial charge is 0.145 e. The molecule has 0 atom stereocenters. The van der Waals surface area contributed by atoms with Gasteiger partial charge in [0.25, 0.3) is 0 Å². The molecular formula is C78H76N2O2. The van der Waals surface area contributed by atoms with Crippen LogP contribution in [-0.2, 0) is 27.1 Å². The van der Waals surface area contributed by atoms with Crippen LogP contribution in [0.15, 0.2) is 222 Å². The van der Waals surface area contributed by atoms with Crippen LogP contribution in [0.3, 0.4) is 0 Å². The summed E-state index contributed by atoms with van der Waals surface area (Å²) in [6, 6.07) is 72.5. The summed E-state index contributed by atoms with van der Waals surface area (Å²) < 4.78 is 15.0. The number of anilines is 6. The van der Waals surface area contributed by atoms with E-state index in [2.05, 4.69) is 307 Å². The van der Waals surface area contributed by atoms with Gasteiger partial charge in [-0.1, -0.05) is 235 Å². The Balaban J connectivity index is 1.28. The highest BCUT2D eigenvalue weighted by atomic mass is 16.3. The van der Waals surface area contributed by atoms with Gasteiger partial charge in [-0.2, -0.15) is 0 Å². The second kappa shape index (κ2) is 19.8. The Kier molecular flexibility index (Phi) is 13.1. The fraction of sp³-hybridized carbons (Fsp3) is 0.231. The maximum atomic E-state index is 7.55. The number of rotatable bonds is 10. The molecule has 0 unspecified atom stereocenters. The monoisotopic (exact) mass is 1070 g/mol. The maximum Gasteiger partial charge on any atom is 0.145 e. The Morgan fingerprint density at radius 2 is 0.768 bits per heavy atom. The SMILES string of the molecule is C=C/C=C\c1c(C)oc2c3c(cc(N(c4ccc(C(C)(C)C)cc4)c4ccc(C(C)(C)C)cc4)c12)C(c1ccccc1)(c1ccccc1)c1cc(N(c2ccc(C(C)(C)C)cc2)c2ccc(C(C)(C)C)cc2)c2c(oc4ccccc42)c1-3. The third-order valence-corrected chi connectivity index (χ3v) is 17.1. The minimum atomic E-state index is -0.911. The summed E-state index contributed by atoms with van der Waals surface area (Å²) in [7, 11) is 0. The lowest BCUT2D eigenvalue weighted by Gasteiger charge is -2.36. The lowest BCUT2D eigenvalue weighted by Crippen LogP contribution is -2.29. The minimum absolute atomic E-state index is 0.0346. The van der Waals surface area contributed by atoms with Crippen LogP contribution in [0.2, 0.25) is 0 Å². The first-order valence-corrected chi connectivity index (χ1v) is 29.1. The molecule has 410 valence electrons. The largest absolute Gasteiger partial charge is 0.460 e. The number of para-hydroxylation sites is 1. The van der Waals surface area contributed by atoms with Gasteiger partial charge < -0.3 is 18.6 Å². The quantitative estimate of drug-likeness (QED) is 0.128. The average molecular weight is 1070 g/mol. The summed E-state index contributed by atoms with van der Waals surface area (Å²) in [6.45, 7) is 33.6. The summed E-state index contributed by atoms with van der Waals surface area (Å²) in [4.78, 5) is 4.92. The lowest BCUT2D eigenvalue weighted by molar-refractivity contribution is 0.578. The van der Waals surface area contributed by atoms with E-state index < -0.39 is 5.41 Å². The van der Waals surface area contributed by atoms with Crippen molar-refractivity contribution in [1.29, 1.82) is 0 Å². The van der Waals surface area contributed by atoms with Crippen molar-refractivity contribution in [3.05, 3.63) is 269 Å². The number of benzene rings is 9. The molecular weight excluding hydrogens is 997 g/mol. The van der Waals surface area contributed by atoms with Crippen LogP contribution < -0.4 is 9.80 Å². The fourth-order valence-corrected chi connectivity index (χ4v) is 12.7. The van der Waals surface area contributed by atoms with Crippen molar-refractivity contribution in [3.63, 3.8) is 0 Å². The molecule has 1 aliphatic rings. The van der Waals surface area contributed by atoms with Crippen LogP contribution in [0.1, 0.15) is 139 Å². The van der Waals surface area contributed by atoms with E-state index >= 15 is 0 Å². The lowest BCUT2D eigenvalue weighted by atomic mass is 9.67. The highest BCUT2D eigenvalue weighted by molar-refractivity contribution is 6.22. The van der Waals surface area contributed by atoms with Crippen molar-refractivity contribution in [3.8, 4) is 11.1 Å². The molecule has 4 nitrogen and oxygen atoms in total. The summed E-state index contributed by atoms with van der Waals surface area (Å²) in [5, 5.41) is 3.08. The van der Waals surface area contributed by atoms with Crippen molar-refractivity contribution < 1.29 is 8.83 Å². The van der Waals surface area contributed by atoms with Crippen molar-refractivity contribution in [2.75, 3.05) is 9.80 Å². The maximum absolute atomic E-state index is 7.55. The molecule has 12 rings (SSSR count). The molecule has 0 aliphatic heterocycles. The topological polar surface area (TPSA) is 32.8 Å². The molecule has 0 fully saturated rings. The van der Waals surface area contributed by atoms with E-state index in [-0.39, 0.29) is 21.7 Å². The van der Waals surface area contributed by atoms with E-state index in [4.69, 9.17) is 8.83 Å². The first kappa shape index (κ1) is 54.0. The Labute approximate surface area is 486 Å². The van der Waals surface area contributed by atoms with Gasteiger partial charge in [-0.05, 0) is 140 Å². The molecule has 0 saturated carbocycles. The Hall–Kier alpha value is -8.60. The zero-order chi connectivity index (χ0) is 57.7. The van der Waals surface area contributed by atoms with Gasteiger partial charge in [0.1, 0.15) is 22.5 Å². The molecule has 2 aromatic heterocycles. The fourth-order valence-electron chi connectivity index (χ4n) is 12.7. The van der Waals surface area contributed by atoms with Crippen LogP contribution in [-0.4, -0.2) is 0 Å². The molecule has 0 amide bonds. The number of aryl methyl sites for hydroxylation is 1. The van der Waals surface area contributed by atoms with E-state index in [9.17, 15) is 0 Å². The van der Waals surface area contributed by atoms with Gasteiger partial charge in [-0.25, -0.2) is 0 Å². The summed E-state index contributed by atoms with van der Waals surface area (Å²) in [5.74, 6) is 0.813. The summed E-state index contributed by atoms with van der Waals surface area (Å²) in [6.07, 6.45) is 6.05. The standard InChI is InChI=1S/C78H76N2O2/c1-15-16-29-61-50(2)81-72-68(61)65(79(57-40-32-51(33-41-57)74(3,4)5)58-42-34-52(35-43-58)75(6,7)8)48-63-70(72)71-64(78(63,55-25-19-17-20-26-55)56-27-21-18-22-28-56)49-66(69-62-30-23-24-31-67(62)82-73(69)71)80(59-44-36-53(37-45-59)76(9,10)11)60-46-38-54(39-47-60)77(12,13)14/h15-49H,1H2,2-14H3/b29-16-. The number of furan rings is 2. The van der Waals surface area contributed by atoms with Crippen molar-refractivity contribution in [2.24, 2.45) is 0 Å². The molecule has 11 aromatic rings. The zero-order valence-corrected chi connectivity index (χ0v) is 50.1. The molecule has 82 heavy (non-hydrogen) atoms. The number of fused-ring (bicyclic) bond motifs is 9. The summed E-state index contributed by atoms with van der Waals surface area (Å²) >= 11 is 0. The van der Waals surface area contributed by atoms with Crippen LogP contribution in [0.5, 0.6) is 0 Å². The van der Waals surface area contributed by atoms with Crippen LogP contribution in [0, 0.1) is 6.92 Å². The van der Waals surface area contributed by atoms with Crippen molar-refractivity contribution in [2.45, 2.75) is 117 Å². The average Bonchev–Trinajstić information content (AvgIpc) is 1.73. The molecule has 0 radical (unpaired) electrons. The van der Waals surface area contributed by atoms with Crippen molar-refractivity contribution in [1.82, 2.24) is 0 Å². The van der Waals surface area contributed by atoms with Gasteiger partial charge >= 0.3 is 0 Å². The van der Waals surface area contributed by atoms with E-state index in [0.29, 0.717) is 0 Å². The Bertz CT molecular complexity index is 4070. The van der Waals surface area contributed by atoms with E-state index in [1.165, 1.54) is 22.3 Å². The highest BCUT2D eigenvalue weighted by Gasteiger charge is 2.51. The molecule has 2 heterocycles. The molecule has 1 aliphatic carbocycles. The highest BCUT2D eigenvalue weighted by Crippen LogP contribution is 2.64. The normalized spacial score (nSPS) is 13.5. The second-order valence-corrected chi connectivity index (χ2v) is 26.7. The van der Waals surface area contributed by atoms with E-state index in [1.54, 1.807) is 0 Å². The van der Waals surface area contributed by atoms with Gasteiger partial charge in [0.2, 0.25) is 0 Å². The van der Waals surface area contributed by atoms with Crippen LogP contribution in [0.25, 0.3) is 50.1 Å². The Morgan fingerprint density at radius 1 is 0.415 bits per heavy atom. The number of nitrogens with zero attached hydrogens (tertiary/aromatic N) is 2. The van der Waals surface area contributed by atoms with Gasteiger partial charge in [-0.3, -0.25) is 0 Å². The third kappa shape index (κ3) is 8.99. The number of hydrogen-bond donors (Lipinski definition) is 0. The van der Waals surface area contributed by atoms with Gasteiger partial charge in [-0.15, -0.1) is 0 Å². The van der Waals surface area contributed by atoms with Gasteiger partial charge in [0.15, 0.2) is 0 Å². The van der Waals surface area contributed by atoms with E-state index in [1.807, 2.05) is 12.2 Å².